The van der Waals surface area contributed by atoms with E-state index in [0.717, 1.165) is 32.5 Å². The Morgan fingerprint density at radius 2 is 2.41 bits per heavy atom. The highest BCUT2D eigenvalue weighted by molar-refractivity contribution is 14.1. The van der Waals surface area contributed by atoms with Crippen molar-refractivity contribution in [1.29, 1.82) is 0 Å². The summed E-state index contributed by atoms with van der Waals surface area (Å²) in [7, 11) is 0. The molecule has 0 radical (unpaired) electrons. The molecule has 2 rings (SSSR count). The van der Waals surface area contributed by atoms with Crippen LogP contribution in [0.4, 0.5) is 0 Å². The van der Waals surface area contributed by atoms with Gasteiger partial charge in [-0.15, -0.1) is 23.7 Å². The number of nitrogens with one attached hydrogen (secondary N) is 2. The minimum atomic E-state index is 0. The largest absolute Gasteiger partial charge is 0.355 e. The molecular weight excluding hydrogens is 371 g/mol. The highest BCUT2D eigenvalue weighted by Gasteiger charge is 2.21. The molecule has 0 aromatic carbocycles. The average molecular weight is 387 g/mol. The Balaban J connectivity index is 0.00000144. The molecule has 0 saturated carbocycles. The summed E-state index contributed by atoms with van der Waals surface area (Å²) in [6, 6.07) is 4.25. The van der Waals surface area contributed by atoms with E-state index in [9.17, 15) is 4.79 Å². The molecule has 2 heterocycles. The van der Waals surface area contributed by atoms with Gasteiger partial charge in [0.25, 0.3) is 0 Å². The summed E-state index contributed by atoms with van der Waals surface area (Å²) < 4.78 is 1.30. The number of thiophene rings is 1. The summed E-state index contributed by atoms with van der Waals surface area (Å²) in [4.78, 5) is 13.0. The average Bonchev–Trinajstić information content (AvgIpc) is 2.89. The molecule has 2 N–H and O–H groups in total. The fourth-order valence-electron chi connectivity index (χ4n) is 1.82. The Morgan fingerprint density at radius 3 is 3.00 bits per heavy atom. The van der Waals surface area contributed by atoms with Crippen LogP contribution in [0.2, 0.25) is 0 Å². The topological polar surface area (TPSA) is 41.1 Å². The number of carbonyl (C=O) groups excluding carboxylic acids is 1. The number of hydrogen-bond donors (Lipinski definition) is 2. The van der Waals surface area contributed by atoms with Crippen molar-refractivity contribution in [2.45, 2.75) is 12.8 Å². The van der Waals surface area contributed by atoms with Gasteiger partial charge in [0.05, 0.1) is 8.80 Å². The van der Waals surface area contributed by atoms with Crippen LogP contribution in [-0.2, 0) is 11.2 Å². The van der Waals surface area contributed by atoms with Crippen molar-refractivity contribution in [3.8, 4) is 0 Å². The first kappa shape index (κ1) is 15.2. The van der Waals surface area contributed by atoms with E-state index < -0.39 is 0 Å². The van der Waals surface area contributed by atoms with Crippen molar-refractivity contribution in [1.82, 2.24) is 10.6 Å². The number of carbonyl (C=O) groups is 1. The minimum Gasteiger partial charge on any atom is -0.355 e. The molecule has 1 aliphatic rings. The summed E-state index contributed by atoms with van der Waals surface area (Å²) in [6.07, 6.45) is 1.92. The molecule has 1 aliphatic heterocycles. The maximum Gasteiger partial charge on any atom is 0.224 e. The molecule has 96 valence electrons. The second kappa shape index (κ2) is 7.56. The maximum absolute atomic E-state index is 11.7. The first-order valence-corrected chi connectivity index (χ1v) is 7.38. The summed E-state index contributed by atoms with van der Waals surface area (Å²) in [6.45, 7) is 2.57. The highest BCUT2D eigenvalue weighted by atomic mass is 127. The molecule has 3 nitrogen and oxygen atoms in total. The van der Waals surface area contributed by atoms with Gasteiger partial charge in [-0.25, -0.2) is 0 Å². The lowest BCUT2D eigenvalue weighted by molar-refractivity contribution is -0.124. The third kappa shape index (κ3) is 4.73. The van der Waals surface area contributed by atoms with Crippen molar-refractivity contribution in [3.63, 3.8) is 0 Å². The van der Waals surface area contributed by atoms with Crippen LogP contribution in [0.5, 0.6) is 0 Å². The third-order valence-corrected chi connectivity index (χ3v) is 4.68. The molecule has 1 fully saturated rings. The van der Waals surface area contributed by atoms with Gasteiger partial charge in [0, 0.05) is 18.0 Å². The van der Waals surface area contributed by atoms with Gasteiger partial charge in [0.15, 0.2) is 0 Å². The zero-order valence-corrected chi connectivity index (χ0v) is 13.2. The number of halogens is 2. The van der Waals surface area contributed by atoms with Gasteiger partial charge in [0.1, 0.15) is 0 Å². The minimum absolute atomic E-state index is 0. The summed E-state index contributed by atoms with van der Waals surface area (Å²) in [5.41, 5.74) is 0. The van der Waals surface area contributed by atoms with Crippen LogP contribution in [0, 0.1) is 8.80 Å². The van der Waals surface area contributed by atoms with Gasteiger partial charge in [-0.3, -0.25) is 4.79 Å². The Hall–Kier alpha value is 0.150. The van der Waals surface area contributed by atoms with E-state index in [1.807, 2.05) is 0 Å². The maximum atomic E-state index is 11.7. The van der Waals surface area contributed by atoms with Crippen molar-refractivity contribution >= 4 is 52.2 Å². The van der Waals surface area contributed by atoms with Gasteiger partial charge in [-0.1, -0.05) is 0 Å². The number of rotatable bonds is 4. The fourth-order valence-corrected chi connectivity index (χ4v) is 3.57. The van der Waals surface area contributed by atoms with Gasteiger partial charge in [-0.2, -0.15) is 0 Å². The molecule has 1 saturated heterocycles. The van der Waals surface area contributed by atoms with E-state index in [1.165, 1.54) is 7.76 Å². The van der Waals surface area contributed by atoms with Crippen LogP contribution in [0.15, 0.2) is 12.1 Å². The van der Waals surface area contributed by atoms with E-state index in [1.54, 1.807) is 11.3 Å². The van der Waals surface area contributed by atoms with Gasteiger partial charge < -0.3 is 10.6 Å². The smallest absolute Gasteiger partial charge is 0.224 e. The summed E-state index contributed by atoms with van der Waals surface area (Å²) >= 11 is 4.11. The first-order chi connectivity index (χ1) is 7.75. The lowest BCUT2D eigenvalue weighted by atomic mass is 10.1. The molecule has 0 spiro atoms. The Labute approximate surface area is 125 Å². The molecule has 1 amide bonds. The standard InChI is InChI=1S/C11H15IN2OS.ClH/c12-10-2-1-9(16-10)4-6-14-11(15)8-3-5-13-7-8;/h1-2,8,13H,3-7H2,(H,14,15);1H. The van der Waals surface area contributed by atoms with Crippen LogP contribution in [-0.4, -0.2) is 25.5 Å². The van der Waals surface area contributed by atoms with Crippen LogP contribution in [0.1, 0.15) is 11.3 Å². The van der Waals surface area contributed by atoms with E-state index in [2.05, 4.69) is 45.4 Å². The number of hydrogen-bond acceptors (Lipinski definition) is 3. The normalized spacial score (nSPS) is 18.8. The Bertz CT molecular complexity index is 366. The third-order valence-electron chi connectivity index (χ3n) is 2.73. The SMILES string of the molecule is Cl.O=C(NCCc1ccc(I)s1)C1CCNC1. The van der Waals surface area contributed by atoms with Crippen molar-refractivity contribution in [2.24, 2.45) is 5.92 Å². The lowest BCUT2D eigenvalue weighted by Gasteiger charge is -2.08. The van der Waals surface area contributed by atoms with Crippen molar-refractivity contribution in [2.75, 3.05) is 19.6 Å². The predicted molar refractivity (Wildman–Crippen MR) is 82.0 cm³/mol. The van der Waals surface area contributed by atoms with Crippen LogP contribution >= 0.6 is 46.3 Å². The molecule has 1 unspecified atom stereocenters. The van der Waals surface area contributed by atoms with Crippen LogP contribution in [0.25, 0.3) is 0 Å². The van der Waals surface area contributed by atoms with Gasteiger partial charge >= 0.3 is 0 Å². The lowest BCUT2D eigenvalue weighted by Crippen LogP contribution is -2.33. The summed E-state index contributed by atoms with van der Waals surface area (Å²) in [5, 5.41) is 6.21. The Morgan fingerprint density at radius 1 is 1.59 bits per heavy atom. The van der Waals surface area contributed by atoms with E-state index in [-0.39, 0.29) is 24.2 Å². The molecule has 6 heteroatoms. The molecule has 1 atom stereocenters. The second-order valence-corrected chi connectivity index (χ2v) is 7.00. The van der Waals surface area contributed by atoms with Gasteiger partial charge in [0.2, 0.25) is 5.91 Å². The predicted octanol–water partition coefficient (Wildman–Crippen LogP) is 2.04. The first-order valence-electron chi connectivity index (χ1n) is 5.48. The molecule has 1 aromatic heterocycles. The molecular formula is C11H16ClIN2OS. The molecule has 0 bridgehead atoms. The fraction of sp³-hybridized carbons (Fsp3) is 0.545. The highest BCUT2D eigenvalue weighted by Crippen LogP contribution is 2.18. The number of amides is 1. The van der Waals surface area contributed by atoms with E-state index in [0.29, 0.717) is 0 Å². The van der Waals surface area contributed by atoms with Crippen LogP contribution in [0.3, 0.4) is 0 Å². The quantitative estimate of drug-likeness (QED) is 0.778. The van der Waals surface area contributed by atoms with Crippen LogP contribution < -0.4 is 10.6 Å². The van der Waals surface area contributed by atoms with Crippen molar-refractivity contribution in [3.05, 3.63) is 19.9 Å². The van der Waals surface area contributed by atoms with E-state index in [4.69, 9.17) is 0 Å². The van der Waals surface area contributed by atoms with Crippen molar-refractivity contribution < 1.29 is 4.79 Å². The summed E-state index contributed by atoms with van der Waals surface area (Å²) in [5.74, 6) is 0.389. The monoisotopic (exact) mass is 386 g/mol. The van der Waals surface area contributed by atoms with E-state index >= 15 is 0 Å². The molecule has 17 heavy (non-hydrogen) atoms. The molecule has 0 aliphatic carbocycles. The zero-order chi connectivity index (χ0) is 11.4. The second-order valence-electron chi connectivity index (χ2n) is 3.94. The van der Waals surface area contributed by atoms with Gasteiger partial charge in [-0.05, 0) is 54.1 Å². The zero-order valence-electron chi connectivity index (χ0n) is 9.37. The Kier molecular flexibility index (Phi) is 6.76. The molecule has 1 aromatic rings.